The number of methoxy groups -OCH3 is 2. The number of aryl methyl sites for hydroxylation is 1. The third kappa shape index (κ3) is 5.35. The Hall–Kier alpha value is -4.07. The molecule has 216 valence electrons. The minimum atomic E-state index is -0.571. The van der Waals surface area contributed by atoms with Crippen LogP contribution in [-0.2, 0) is 16.6 Å². The standard InChI is InChI=1S/C28H34FN9O3/c1-37-15-22(27(36-37)41-3)34-28-32-13-20(29)24(35-28)19-12-31-25-18(19)5-4-6-21(25)33-26(39)23-11-17(40-2)14-38(23)16-7-9-30-10-8-16/h4-6,12-13,15-17,23,30-31H,7-11,14H2,1-3H3,(H,33,39)(H,32,34,35)/t17-,23-/m1/s1. The Morgan fingerprint density at radius 1 is 1.20 bits per heavy atom. The molecular formula is C28H34FN9O3. The van der Waals surface area contributed by atoms with E-state index in [0.29, 0.717) is 40.8 Å². The number of carbonyl (C=O) groups is 1. The molecule has 2 aliphatic heterocycles. The summed E-state index contributed by atoms with van der Waals surface area (Å²) < 4.78 is 27.6. The maximum Gasteiger partial charge on any atom is 0.256 e. The van der Waals surface area contributed by atoms with Crippen LogP contribution in [0.3, 0.4) is 0 Å². The largest absolute Gasteiger partial charge is 0.478 e. The average molecular weight is 564 g/mol. The van der Waals surface area contributed by atoms with E-state index in [1.54, 1.807) is 31.2 Å². The Labute approximate surface area is 236 Å². The fraction of sp³-hybridized carbons (Fsp3) is 0.429. The van der Waals surface area contributed by atoms with Crippen molar-refractivity contribution < 1.29 is 18.7 Å². The molecule has 0 bridgehead atoms. The molecule has 6 rings (SSSR count). The first-order chi connectivity index (χ1) is 19.9. The van der Waals surface area contributed by atoms with Crippen molar-refractivity contribution in [2.45, 2.75) is 37.5 Å². The smallest absolute Gasteiger partial charge is 0.256 e. The van der Waals surface area contributed by atoms with Crippen LogP contribution in [0.2, 0.25) is 0 Å². The number of likely N-dealkylation sites (tertiary alicyclic amines) is 1. The van der Waals surface area contributed by atoms with Gasteiger partial charge in [0.25, 0.3) is 5.88 Å². The number of halogens is 1. The quantitative estimate of drug-likeness (QED) is 0.255. The van der Waals surface area contributed by atoms with Crippen LogP contribution in [0.15, 0.2) is 36.8 Å². The second kappa shape index (κ2) is 11.4. The van der Waals surface area contributed by atoms with Crippen LogP contribution in [0.1, 0.15) is 19.3 Å². The number of hydrogen-bond donors (Lipinski definition) is 4. The molecule has 3 aromatic heterocycles. The molecule has 12 nitrogen and oxygen atoms in total. The van der Waals surface area contributed by atoms with E-state index in [-0.39, 0.29) is 29.7 Å². The molecule has 2 fully saturated rings. The van der Waals surface area contributed by atoms with E-state index in [2.05, 4.69) is 40.9 Å². The summed E-state index contributed by atoms with van der Waals surface area (Å²) in [6.07, 6.45) is 7.20. The third-order valence-corrected chi connectivity index (χ3v) is 7.92. The van der Waals surface area contributed by atoms with Crippen molar-refractivity contribution in [3.05, 3.63) is 42.6 Å². The number of ether oxygens (including phenoxy) is 2. The van der Waals surface area contributed by atoms with Gasteiger partial charge in [0.1, 0.15) is 11.4 Å². The van der Waals surface area contributed by atoms with Gasteiger partial charge in [-0.15, -0.1) is 5.10 Å². The van der Waals surface area contributed by atoms with Crippen LogP contribution in [-0.4, -0.2) is 87.6 Å². The van der Waals surface area contributed by atoms with Crippen LogP contribution in [0.25, 0.3) is 22.2 Å². The summed E-state index contributed by atoms with van der Waals surface area (Å²) >= 11 is 0. The summed E-state index contributed by atoms with van der Waals surface area (Å²) in [5.41, 5.74) is 2.53. The first-order valence-corrected chi connectivity index (χ1v) is 13.7. The van der Waals surface area contributed by atoms with Gasteiger partial charge in [-0.3, -0.25) is 14.4 Å². The van der Waals surface area contributed by atoms with E-state index in [4.69, 9.17) is 9.47 Å². The van der Waals surface area contributed by atoms with Crippen LogP contribution in [0, 0.1) is 5.82 Å². The Balaban J connectivity index is 1.26. The van der Waals surface area contributed by atoms with Crippen LogP contribution in [0.4, 0.5) is 21.7 Å². The zero-order chi connectivity index (χ0) is 28.5. The van der Waals surface area contributed by atoms with Crippen LogP contribution in [0.5, 0.6) is 5.88 Å². The molecule has 0 spiro atoms. The molecule has 5 heterocycles. The number of hydrogen-bond acceptors (Lipinski definition) is 9. The third-order valence-electron chi connectivity index (χ3n) is 7.92. The molecule has 41 heavy (non-hydrogen) atoms. The number of nitrogens with zero attached hydrogens (tertiary/aromatic N) is 5. The monoisotopic (exact) mass is 563 g/mol. The Kier molecular flexibility index (Phi) is 7.56. The molecule has 1 amide bonds. The normalized spacial score (nSPS) is 20.0. The van der Waals surface area contributed by atoms with Crippen molar-refractivity contribution in [3.8, 4) is 17.1 Å². The number of anilines is 3. The molecule has 4 N–H and O–H groups in total. The topological polar surface area (TPSA) is 134 Å². The van der Waals surface area contributed by atoms with E-state index in [1.165, 1.54) is 7.11 Å². The number of H-pyrrole nitrogens is 1. The van der Waals surface area contributed by atoms with Crippen molar-refractivity contribution >= 4 is 34.1 Å². The molecule has 0 unspecified atom stereocenters. The summed E-state index contributed by atoms with van der Waals surface area (Å²) in [6, 6.07) is 5.61. The fourth-order valence-corrected chi connectivity index (χ4v) is 5.90. The Bertz CT molecular complexity index is 1550. The minimum Gasteiger partial charge on any atom is -0.478 e. The van der Waals surface area contributed by atoms with E-state index >= 15 is 4.39 Å². The SMILES string of the molecule is COc1nn(C)cc1Nc1ncc(F)c(-c2c[nH]c3c(NC(=O)[C@H]4C[C@@H](OC)CN4C4CCNCC4)cccc23)n1. The van der Waals surface area contributed by atoms with E-state index in [9.17, 15) is 4.79 Å². The van der Waals surface area contributed by atoms with Gasteiger partial charge in [-0.05, 0) is 38.4 Å². The second-order valence-electron chi connectivity index (χ2n) is 10.4. The highest BCUT2D eigenvalue weighted by atomic mass is 19.1. The van der Waals surface area contributed by atoms with Crippen LogP contribution >= 0.6 is 0 Å². The maximum absolute atomic E-state index is 15.1. The Morgan fingerprint density at radius 3 is 2.80 bits per heavy atom. The molecule has 1 aromatic carbocycles. The number of nitrogens with one attached hydrogen (secondary N) is 4. The summed E-state index contributed by atoms with van der Waals surface area (Å²) in [7, 11) is 4.98. The number of aromatic amines is 1. The number of benzene rings is 1. The van der Waals surface area contributed by atoms with E-state index < -0.39 is 5.82 Å². The zero-order valence-corrected chi connectivity index (χ0v) is 23.3. The highest BCUT2D eigenvalue weighted by molar-refractivity contribution is 6.06. The summed E-state index contributed by atoms with van der Waals surface area (Å²) in [5, 5.41) is 14.5. The maximum atomic E-state index is 15.1. The first-order valence-electron chi connectivity index (χ1n) is 13.7. The first kappa shape index (κ1) is 27.1. The van der Waals surface area contributed by atoms with Gasteiger partial charge in [-0.1, -0.05) is 12.1 Å². The van der Waals surface area contributed by atoms with Crippen molar-refractivity contribution in [1.82, 2.24) is 34.9 Å². The lowest BCUT2D eigenvalue weighted by Crippen LogP contribution is -2.49. The molecule has 2 aliphatic rings. The van der Waals surface area contributed by atoms with Gasteiger partial charge in [0.05, 0.1) is 42.9 Å². The van der Waals surface area contributed by atoms with Crippen molar-refractivity contribution in [3.63, 3.8) is 0 Å². The average Bonchev–Trinajstić information content (AvgIpc) is 3.71. The molecule has 0 saturated carbocycles. The number of para-hydroxylation sites is 1. The number of piperidine rings is 1. The molecule has 0 radical (unpaired) electrons. The lowest BCUT2D eigenvalue weighted by Gasteiger charge is -2.35. The fourth-order valence-electron chi connectivity index (χ4n) is 5.90. The molecule has 13 heteroatoms. The highest BCUT2D eigenvalue weighted by Crippen LogP contribution is 2.34. The predicted octanol–water partition coefficient (Wildman–Crippen LogP) is 3.03. The zero-order valence-electron chi connectivity index (χ0n) is 23.3. The summed E-state index contributed by atoms with van der Waals surface area (Å²) in [5.74, 6) is -0.0826. The minimum absolute atomic E-state index is 0.0173. The van der Waals surface area contributed by atoms with Gasteiger partial charge in [0.2, 0.25) is 11.9 Å². The molecule has 0 aliphatic carbocycles. The summed E-state index contributed by atoms with van der Waals surface area (Å²) in [4.78, 5) is 27.7. The lowest BCUT2D eigenvalue weighted by atomic mass is 10.0. The molecule has 2 saturated heterocycles. The second-order valence-corrected chi connectivity index (χ2v) is 10.4. The van der Waals surface area contributed by atoms with Gasteiger partial charge in [-0.2, -0.15) is 0 Å². The number of carbonyl (C=O) groups excluding carboxylic acids is 1. The summed E-state index contributed by atoms with van der Waals surface area (Å²) in [6.45, 7) is 2.64. The van der Waals surface area contributed by atoms with E-state index in [1.807, 2.05) is 18.2 Å². The van der Waals surface area contributed by atoms with Crippen LogP contribution < -0.4 is 20.7 Å². The van der Waals surface area contributed by atoms with Crippen molar-refractivity contribution in [1.29, 1.82) is 0 Å². The van der Waals surface area contributed by atoms with Gasteiger partial charge in [0.15, 0.2) is 5.82 Å². The number of rotatable bonds is 8. The van der Waals surface area contributed by atoms with Gasteiger partial charge >= 0.3 is 0 Å². The van der Waals surface area contributed by atoms with Gasteiger partial charge in [0, 0.05) is 43.9 Å². The number of amides is 1. The predicted molar refractivity (Wildman–Crippen MR) is 153 cm³/mol. The molecule has 2 atom stereocenters. The van der Waals surface area contributed by atoms with Gasteiger partial charge < -0.3 is 30.4 Å². The number of aromatic nitrogens is 5. The van der Waals surface area contributed by atoms with Crippen molar-refractivity contribution in [2.24, 2.45) is 7.05 Å². The van der Waals surface area contributed by atoms with Crippen molar-refractivity contribution in [2.75, 3.05) is 44.5 Å². The Morgan fingerprint density at radius 2 is 2.02 bits per heavy atom. The highest BCUT2D eigenvalue weighted by Gasteiger charge is 2.41. The van der Waals surface area contributed by atoms with E-state index in [0.717, 1.165) is 44.1 Å². The lowest BCUT2D eigenvalue weighted by molar-refractivity contribution is -0.121. The number of fused-ring (bicyclic) bond motifs is 1. The van der Waals surface area contributed by atoms with Gasteiger partial charge in [-0.25, -0.2) is 14.4 Å². The molecular weight excluding hydrogens is 529 g/mol. The molecule has 4 aromatic rings.